The van der Waals surface area contributed by atoms with Gasteiger partial charge in [0.25, 0.3) is 0 Å². The zero-order chi connectivity index (χ0) is 9.59. The first-order chi connectivity index (χ1) is 6.11. The van der Waals surface area contributed by atoms with Gasteiger partial charge >= 0.3 is 0 Å². The summed E-state index contributed by atoms with van der Waals surface area (Å²) in [7, 11) is 4.05. The standard InChI is InChI=1S/C10H14N2O/c1-7-9(13)5-4-8-6-11(2)12(3)10(7)8/h4-5,13H,6H2,1-3H3. The van der Waals surface area contributed by atoms with E-state index >= 15 is 0 Å². The molecule has 0 spiro atoms. The van der Waals surface area contributed by atoms with Gasteiger partial charge in [-0.25, -0.2) is 5.01 Å². The topological polar surface area (TPSA) is 26.7 Å². The van der Waals surface area contributed by atoms with Crippen molar-refractivity contribution in [2.75, 3.05) is 19.1 Å². The van der Waals surface area contributed by atoms with Crippen molar-refractivity contribution in [3.8, 4) is 5.75 Å². The molecule has 1 aliphatic rings. The van der Waals surface area contributed by atoms with E-state index in [1.54, 1.807) is 6.07 Å². The number of anilines is 1. The fraction of sp³-hybridized carbons (Fsp3) is 0.400. The van der Waals surface area contributed by atoms with Crippen molar-refractivity contribution >= 4 is 5.69 Å². The molecule has 2 rings (SSSR count). The zero-order valence-electron chi connectivity index (χ0n) is 8.20. The lowest BCUT2D eigenvalue weighted by Crippen LogP contribution is -2.30. The smallest absolute Gasteiger partial charge is 0.120 e. The Kier molecular flexibility index (Phi) is 1.70. The molecule has 13 heavy (non-hydrogen) atoms. The molecule has 0 bridgehead atoms. The predicted molar refractivity (Wildman–Crippen MR) is 52.7 cm³/mol. The maximum Gasteiger partial charge on any atom is 0.120 e. The summed E-state index contributed by atoms with van der Waals surface area (Å²) in [4.78, 5) is 0. The van der Waals surface area contributed by atoms with Gasteiger partial charge in [0.05, 0.1) is 5.69 Å². The first-order valence-electron chi connectivity index (χ1n) is 4.37. The Labute approximate surface area is 78.2 Å². The molecule has 3 nitrogen and oxygen atoms in total. The minimum absolute atomic E-state index is 0.376. The molecule has 70 valence electrons. The summed E-state index contributed by atoms with van der Waals surface area (Å²) in [5.41, 5.74) is 3.38. The van der Waals surface area contributed by atoms with Crippen LogP contribution in [0.15, 0.2) is 12.1 Å². The molecule has 0 radical (unpaired) electrons. The Bertz CT molecular complexity index is 349. The second-order valence-corrected chi connectivity index (χ2v) is 3.56. The molecule has 0 aliphatic carbocycles. The minimum Gasteiger partial charge on any atom is -0.508 e. The number of hydrazine groups is 1. The van der Waals surface area contributed by atoms with E-state index < -0.39 is 0 Å². The highest BCUT2D eigenvalue weighted by atomic mass is 16.3. The van der Waals surface area contributed by atoms with E-state index in [1.807, 2.05) is 27.1 Å². The quantitative estimate of drug-likeness (QED) is 0.652. The number of rotatable bonds is 0. The first-order valence-corrected chi connectivity index (χ1v) is 4.37. The van der Waals surface area contributed by atoms with Crippen molar-refractivity contribution in [1.82, 2.24) is 5.01 Å². The lowest BCUT2D eigenvalue weighted by molar-refractivity contribution is 0.344. The van der Waals surface area contributed by atoms with E-state index in [9.17, 15) is 5.11 Å². The third kappa shape index (κ3) is 1.08. The number of phenolic OH excluding ortho intramolecular Hbond substituents is 1. The second kappa shape index (κ2) is 2.64. The molecule has 0 atom stereocenters. The predicted octanol–water partition coefficient (Wildman–Crippen LogP) is 1.50. The zero-order valence-corrected chi connectivity index (χ0v) is 8.20. The van der Waals surface area contributed by atoms with Gasteiger partial charge < -0.3 is 10.1 Å². The summed E-state index contributed by atoms with van der Waals surface area (Å²) in [5, 5.41) is 13.7. The number of phenols is 1. The van der Waals surface area contributed by atoms with Crippen LogP contribution in [-0.4, -0.2) is 24.2 Å². The van der Waals surface area contributed by atoms with Crippen LogP contribution in [0.2, 0.25) is 0 Å². The summed E-state index contributed by atoms with van der Waals surface area (Å²) < 4.78 is 0. The highest BCUT2D eigenvalue weighted by Crippen LogP contribution is 2.36. The number of aromatic hydroxyl groups is 1. The van der Waals surface area contributed by atoms with Gasteiger partial charge in [-0.2, -0.15) is 0 Å². The van der Waals surface area contributed by atoms with Gasteiger partial charge in [0.1, 0.15) is 5.75 Å². The van der Waals surface area contributed by atoms with E-state index in [0.29, 0.717) is 5.75 Å². The lowest BCUT2D eigenvalue weighted by atomic mass is 10.1. The van der Waals surface area contributed by atoms with Crippen LogP contribution in [0.3, 0.4) is 0 Å². The molecule has 1 heterocycles. The van der Waals surface area contributed by atoms with Crippen LogP contribution < -0.4 is 5.01 Å². The van der Waals surface area contributed by atoms with Crippen LogP contribution in [0, 0.1) is 6.92 Å². The second-order valence-electron chi connectivity index (χ2n) is 3.56. The average molecular weight is 178 g/mol. The number of hydrogen-bond donors (Lipinski definition) is 1. The summed E-state index contributed by atoms with van der Waals surface area (Å²) >= 11 is 0. The average Bonchev–Trinajstić information content (AvgIpc) is 2.37. The Balaban J connectivity index is 2.59. The van der Waals surface area contributed by atoms with Crippen molar-refractivity contribution in [2.45, 2.75) is 13.5 Å². The minimum atomic E-state index is 0.376. The molecule has 3 heteroatoms. The molecule has 1 aromatic rings. The van der Waals surface area contributed by atoms with Gasteiger partial charge in [-0.05, 0) is 18.6 Å². The first kappa shape index (κ1) is 8.38. The van der Waals surface area contributed by atoms with Crippen molar-refractivity contribution < 1.29 is 5.11 Å². The molecule has 0 amide bonds. The Morgan fingerprint density at radius 1 is 1.31 bits per heavy atom. The Hall–Kier alpha value is -1.22. The molecule has 0 unspecified atom stereocenters. The van der Waals surface area contributed by atoms with Crippen molar-refractivity contribution in [3.63, 3.8) is 0 Å². The van der Waals surface area contributed by atoms with E-state index in [0.717, 1.165) is 17.8 Å². The van der Waals surface area contributed by atoms with E-state index in [-0.39, 0.29) is 0 Å². The molecule has 1 N–H and O–H groups in total. The van der Waals surface area contributed by atoms with Gasteiger partial charge in [0, 0.05) is 26.2 Å². The number of hydrogen-bond acceptors (Lipinski definition) is 3. The number of nitrogens with zero attached hydrogens (tertiary/aromatic N) is 2. The monoisotopic (exact) mass is 178 g/mol. The molecule has 1 aromatic carbocycles. The Morgan fingerprint density at radius 2 is 2.00 bits per heavy atom. The highest BCUT2D eigenvalue weighted by molar-refractivity contribution is 5.64. The number of fused-ring (bicyclic) bond motifs is 1. The lowest BCUT2D eigenvalue weighted by Gasteiger charge is -2.22. The summed E-state index contributed by atoms with van der Waals surface area (Å²) in [5.74, 6) is 0.376. The van der Waals surface area contributed by atoms with Gasteiger partial charge in [-0.15, -0.1) is 0 Å². The largest absolute Gasteiger partial charge is 0.508 e. The molecule has 1 aliphatic heterocycles. The molecule has 0 saturated carbocycles. The fourth-order valence-corrected chi connectivity index (χ4v) is 1.85. The van der Waals surface area contributed by atoms with Crippen LogP contribution in [0.4, 0.5) is 5.69 Å². The van der Waals surface area contributed by atoms with Crippen LogP contribution in [-0.2, 0) is 6.54 Å². The van der Waals surface area contributed by atoms with Gasteiger partial charge in [0.15, 0.2) is 0 Å². The molecule has 0 aromatic heterocycles. The third-order valence-electron chi connectivity index (χ3n) is 2.72. The molecule has 0 saturated heterocycles. The fourth-order valence-electron chi connectivity index (χ4n) is 1.85. The number of benzene rings is 1. The maximum absolute atomic E-state index is 9.54. The van der Waals surface area contributed by atoms with E-state index in [4.69, 9.17) is 0 Å². The summed E-state index contributed by atoms with van der Waals surface area (Å²) in [6.07, 6.45) is 0. The van der Waals surface area contributed by atoms with E-state index in [1.165, 1.54) is 5.56 Å². The normalized spacial score (nSPS) is 16.4. The molecule has 0 fully saturated rings. The molecular weight excluding hydrogens is 164 g/mol. The molecular formula is C10H14N2O. The van der Waals surface area contributed by atoms with Crippen LogP contribution in [0.1, 0.15) is 11.1 Å². The SMILES string of the molecule is Cc1c(O)ccc2c1N(C)N(C)C2. The third-order valence-corrected chi connectivity index (χ3v) is 2.72. The van der Waals surface area contributed by atoms with Crippen molar-refractivity contribution in [1.29, 1.82) is 0 Å². The maximum atomic E-state index is 9.54. The van der Waals surface area contributed by atoms with Crippen molar-refractivity contribution in [3.05, 3.63) is 23.3 Å². The van der Waals surface area contributed by atoms with Gasteiger partial charge in [-0.1, -0.05) is 6.07 Å². The summed E-state index contributed by atoms with van der Waals surface area (Å²) in [6.45, 7) is 2.87. The van der Waals surface area contributed by atoms with Crippen LogP contribution in [0.25, 0.3) is 0 Å². The van der Waals surface area contributed by atoms with Crippen LogP contribution >= 0.6 is 0 Å². The van der Waals surface area contributed by atoms with E-state index in [2.05, 4.69) is 10.0 Å². The highest BCUT2D eigenvalue weighted by Gasteiger charge is 2.23. The Morgan fingerprint density at radius 3 is 2.69 bits per heavy atom. The van der Waals surface area contributed by atoms with Gasteiger partial charge in [-0.3, -0.25) is 0 Å². The van der Waals surface area contributed by atoms with Gasteiger partial charge in [0.2, 0.25) is 0 Å². The summed E-state index contributed by atoms with van der Waals surface area (Å²) in [6, 6.07) is 3.75. The van der Waals surface area contributed by atoms with Crippen molar-refractivity contribution in [2.24, 2.45) is 0 Å². The van der Waals surface area contributed by atoms with Crippen LogP contribution in [0.5, 0.6) is 5.75 Å².